The number of nitrogens with one attached hydrogen (secondary N) is 1. The zero-order valence-electron chi connectivity index (χ0n) is 11.3. The first kappa shape index (κ1) is 14.5. The van der Waals surface area contributed by atoms with Crippen LogP contribution in [-0.4, -0.2) is 18.6 Å². The van der Waals surface area contributed by atoms with Gasteiger partial charge in [-0.05, 0) is 31.4 Å². The lowest BCUT2D eigenvalue weighted by Gasteiger charge is -2.17. The Hall–Kier alpha value is -1.58. The van der Waals surface area contributed by atoms with Gasteiger partial charge in [0, 0.05) is 12.6 Å². The molecule has 0 saturated heterocycles. The van der Waals surface area contributed by atoms with Gasteiger partial charge < -0.3 is 10.1 Å². The highest BCUT2D eigenvalue weighted by Crippen LogP contribution is 2.20. The third-order valence-corrected chi connectivity index (χ3v) is 2.51. The fourth-order valence-electron chi connectivity index (χ4n) is 1.39. The van der Waals surface area contributed by atoms with E-state index in [-0.39, 0.29) is 11.7 Å². The van der Waals surface area contributed by atoms with Gasteiger partial charge in [0.15, 0.2) is 6.10 Å². The van der Waals surface area contributed by atoms with Crippen molar-refractivity contribution in [1.82, 2.24) is 5.32 Å². The van der Waals surface area contributed by atoms with Gasteiger partial charge in [0.1, 0.15) is 11.6 Å². The second-order valence-corrected chi connectivity index (χ2v) is 4.81. The number of rotatable bonds is 5. The average molecular weight is 253 g/mol. The molecule has 4 heteroatoms. The predicted molar refractivity (Wildman–Crippen MR) is 69.1 cm³/mol. The van der Waals surface area contributed by atoms with Crippen molar-refractivity contribution >= 4 is 5.91 Å². The molecule has 1 N–H and O–H groups in total. The number of carbonyl (C=O) groups excluding carboxylic acids is 1. The van der Waals surface area contributed by atoms with Crippen molar-refractivity contribution in [1.29, 1.82) is 0 Å². The Labute approximate surface area is 107 Å². The Balaban J connectivity index is 2.60. The van der Waals surface area contributed by atoms with E-state index in [2.05, 4.69) is 5.32 Å². The van der Waals surface area contributed by atoms with E-state index in [1.165, 1.54) is 12.1 Å². The van der Waals surface area contributed by atoms with Crippen molar-refractivity contribution in [2.45, 2.75) is 33.8 Å². The maximum atomic E-state index is 13.1. The molecule has 1 aromatic rings. The first-order valence-electron chi connectivity index (χ1n) is 6.10. The second-order valence-electron chi connectivity index (χ2n) is 4.81. The van der Waals surface area contributed by atoms with E-state index in [0.717, 1.165) is 5.56 Å². The highest BCUT2D eigenvalue weighted by molar-refractivity contribution is 5.80. The van der Waals surface area contributed by atoms with Crippen LogP contribution in [0, 0.1) is 18.7 Å². The fraction of sp³-hybridized carbons (Fsp3) is 0.500. The number of halogens is 1. The molecule has 1 atom stereocenters. The third-order valence-electron chi connectivity index (χ3n) is 2.51. The lowest BCUT2D eigenvalue weighted by molar-refractivity contribution is -0.127. The van der Waals surface area contributed by atoms with Gasteiger partial charge in [0.2, 0.25) is 0 Å². The Morgan fingerprint density at radius 3 is 2.67 bits per heavy atom. The van der Waals surface area contributed by atoms with Gasteiger partial charge in [-0.25, -0.2) is 4.39 Å². The van der Waals surface area contributed by atoms with Crippen molar-refractivity contribution in [3.8, 4) is 5.75 Å². The minimum Gasteiger partial charge on any atom is -0.481 e. The van der Waals surface area contributed by atoms with Gasteiger partial charge in [0.05, 0.1) is 0 Å². The zero-order chi connectivity index (χ0) is 13.7. The first-order chi connectivity index (χ1) is 8.40. The molecule has 0 radical (unpaired) electrons. The maximum Gasteiger partial charge on any atom is 0.260 e. The summed E-state index contributed by atoms with van der Waals surface area (Å²) in [6.45, 7) is 8.10. The number of benzene rings is 1. The van der Waals surface area contributed by atoms with Gasteiger partial charge in [-0.3, -0.25) is 4.79 Å². The molecule has 1 rings (SSSR count). The van der Waals surface area contributed by atoms with Gasteiger partial charge in [-0.1, -0.05) is 19.9 Å². The molecule has 0 aliphatic heterocycles. The second kappa shape index (κ2) is 6.38. The van der Waals surface area contributed by atoms with E-state index in [1.807, 2.05) is 20.8 Å². The quantitative estimate of drug-likeness (QED) is 0.876. The van der Waals surface area contributed by atoms with Crippen molar-refractivity contribution in [2.75, 3.05) is 6.54 Å². The maximum absolute atomic E-state index is 13.1. The van der Waals surface area contributed by atoms with E-state index in [1.54, 1.807) is 13.0 Å². The predicted octanol–water partition coefficient (Wildman–Crippen LogP) is 2.67. The van der Waals surface area contributed by atoms with Crippen molar-refractivity contribution in [3.63, 3.8) is 0 Å². The minimum atomic E-state index is -0.635. The molecule has 0 fully saturated rings. The lowest BCUT2D eigenvalue weighted by Crippen LogP contribution is -2.38. The highest BCUT2D eigenvalue weighted by atomic mass is 19.1. The van der Waals surface area contributed by atoms with Gasteiger partial charge in [0.25, 0.3) is 5.91 Å². The van der Waals surface area contributed by atoms with E-state index in [4.69, 9.17) is 4.74 Å². The van der Waals surface area contributed by atoms with E-state index in [9.17, 15) is 9.18 Å². The van der Waals surface area contributed by atoms with Crippen LogP contribution in [0.25, 0.3) is 0 Å². The molecule has 18 heavy (non-hydrogen) atoms. The lowest BCUT2D eigenvalue weighted by atomic mass is 10.2. The number of carbonyl (C=O) groups is 1. The summed E-state index contributed by atoms with van der Waals surface area (Å²) >= 11 is 0. The first-order valence-corrected chi connectivity index (χ1v) is 6.10. The number of hydrogen-bond donors (Lipinski definition) is 1. The molecular weight excluding hydrogens is 233 g/mol. The Bertz CT molecular complexity index is 418. The molecule has 3 nitrogen and oxygen atoms in total. The van der Waals surface area contributed by atoms with E-state index < -0.39 is 6.10 Å². The molecule has 1 aromatic carbocycles. The summed E-state index contributed by atoms with van der Waals surface area (Å²) < 4.78 is 18.5. The van der Waals surface area contributed by atoms with Gasteiger partial charge in [-0.15, -0.1) is 0 Å². The van der Waals surface area contributed by atoms with Gasteiger partial charge in [-0.2, -0.15) is 0 Å². The standard InChI is InChI=1S/C14H20FNO2/c1-9(2)8-16-14(17)11(4)18-13-7-12(15)6-5-10(13)3/h5-7,9,11H,8H2,1-4H3,(H,16,17). The number of hydrogen-bond acceptors (Lipinski definition) is 2. The van der Waals surface area contributed by atoms with Crippen LogP contribution in [0.4, 0.5) is 4.39 Å². The number of aryl methyl sites for hydroxylation is 1. The summed E-state index contributed by atoms with van der Waals surface area (Å²) in [7, 11) is 0. The Morgan fingerprint density at radius 1 is 1.39 bits per heavy atom. The van der Waals surface area contributed by atoms with Crippen molar-refractivity contribution < 1.29 is 13.9 Å². The summed E-state index contributed by atoms with van der Waals surface area (Å²) in [5.41, 5.74) is 0.805. The summed E-state index contributed by atoms with van der Waals surface area (Å²) in [6, 6.07) is 4.29. The average Bonchev–Trinajstić information content (AvgIpc) is 2.30. The topological polar surface area (TPSA) is 38.3 Å². The summed E-state index contributed by atoms with van der Waals surface area (Å²) in [5.74, 6) is 0.233. The molecule has 0 saturated carbocycles. The molecular formula is C14H20FNO2. The third kappa shape index (κ3) is 4.35. The Kier molecular flexibility index (Phi) is 5.13. The van der Waals surface area contributed by atoms with Crippen LogP contribution in [0.3, 0.4) is 0 Å². The molecule has 0 heterocycles. The minimum absolute atomic E-state index is 0.188. The number of amides is 1. The molecule has 100 valence electrons. The summed E-state index contributed by atoms with van der Waals surface area (Å²) in [6.07, 6.45) is -0.635. The van der Waals surface area contributed by atoms with Crippen LogP contribution in [-0.2, 0) is 4.79 Å². The van der Waals surface area contributed by atoms with Crippen molar-refractivity contribution in [3.05, 3.63) is 29.6 Å². The molecule has 1 amide bonds. The largest absolute Gasteiger partial charge is 0.481 e. The summed E-state index contributed by atoms with van der Waals surface area (Å²) in [4.78, 5) is 11.7. The number of ether oxygens (including phenoxy) is 1. The van der Waals surface area contributed by atoms with Crippen LogP contribution in [0.1, 0.15) is 26.3 Å². The molecule has 0 aromatic heterocycles. The smallest absolute Gasteiger partial charge is 0.260 e. The monoisotopic (exact) mass is 253 g/mol. The van der Waals surface area contributed by atoms with E-state index >= 15 is 0 Å². The normalized spacial score (nSPS) is 12.3. The van der Waals surface area contributed by atoms with Crippen LogP contribution in [0.2, 0.25) is 0 Å². The highest BCUT2D eigenvalue weighted by Gasteiger charge is 2.15. The van der Waals surface area contributed by atoms with Crippen molar-refractivity contribution in [2.24, 2.45) is 5.92 Å². The SMILES string of the molecule is Cc1ccc(F)cc1OC(C)C(=O)NCC(C)C. The Morgan fingerprint density at radius 2 is 2.06 bits per heavy atom. The van der Waals surface area contributed by atoms with E-state index in [0.29, 0.717) is 18.2 Å². The van der Waals surface area contributed by atoms with Crippen LogP contribution < -0.4 is 10.1 Å². The fourth-order valence-corrected chi connectivity index (χ4v) is 1.39. The molecule has 0 aliphatic rings. The van der Waals surface area contributed by atoms with Crippen LogP contribution >= 0.6 is 0 Å². The zero-order valence-corrected chi connectivity index (χ0v) is 11.3. The van der Waals surface area contributed by atoms with Crippen LogP contribution in [0.15, 0.2) is 18.2 Å². The van der Waals surface area contributed by atoms with Crippen LogP contribution in [0.5, 0.6) is 5.75 Å². The summed E-state index contributed by atoms with van der Waals surface area (Å²) in [5, 5.41) is 2.78. The molecule has 0 aliphatic carbocycles. The molecule has 0 bridgehead atoms. The molecule has 1 unspecified atom stereocenters. The molecule has 0 spiro atoms. The van der Waals surface area contributed by atoms with Gasteiger partial charge >= 0.3 is 0 Å².